The van der Waals surface area contributed by atoms with E-state index >= 15 is 0 Å². The van der Waals surface area contributed by atoms with Crippen LogP contribution in [0.15, 0.2) is 0 Å². The van der Waals surface area contributed by atoms with Crippen LogP contribution >= 0.6 is 0 Å². The Morgan fingerprint density at radius 2 is 0.645 bits per heavy atom. The number of esters is 2. The van der Waals surface area contributed by atoms with Gasteiger partial charge in [-0.1, -0.05) is 156 Å². The lowest BCUT2D eigenvalue weighted by molar-refractivity contribution is -0.159. The first-order valence-electron chi connectivity index (χ1n) is 26.6. The molecule has 0 radical (unpaired) electrons. The third-order valence-corrected chi connectivity index (χ3v) is 11.6. The third kappa shape index (κ3) is 45.3. The van der Waals surface area contributed by atoms with E-state index in [2.05, 4.69) is 32.6 Å². The van der Waals surface area contributed by atoms with Crippen LogP contribution in [0.4, 0.5) is 0 Å². The van der Waals surface area contributed by atoms with E-state index in [1.54, 1.807) is 0 Å². The smallest absolute Gasteiger partial charge is 0.305 e. The lowest BCUT2D eigenvalue weighted by atomic mass is 10.1. The number of carbonyl (C=O) groups is 2. The molecule has 0 aliphatic rings. The van der Waals surface area contributed by atoms with Crippen molar-refractivity contribution in [3.63, 3.8) is 0 Å². The Labute approximate surface area is 383 Å². The zero-order valence-electron chi connectivity index (χ0n) is 41.4. The molecule has 0 atom stereocenters. The van der Waals surface area contributed by atoms with Crippen LogP contribution < -0.4 is 0 Å². The zero-order valence-corrected chi connectivity index (χ0v) is 41.4. The van der Waals surface area contributed by atoms with Gasteiger partial charge >= 0.3 is 11.9 Å². The lowest BCUT2D eigenvalue weighted by Gasteiger charge is -2.21. The highest BCUT2D eigenvalue weighted by molar-refractivity contribution is 5.69. The SMILES string of the molecule is CCCCCCCCOC(CCC(=O)OCCCCCN(CCO)CCCCCOC(=O)CCC(OCCCCCCCC)OCCCCCCCC)OCCCCCCCC. The largest absolute Gasteiger partial charge is 0.466 e. The first kappa shape index (κ1) is 60.7. The highest BCUT2D eigenvalue weighted by atomic mass is 16.7. The van der Waals surface area contributed by atoms with Crippen LogP contribution in [-0.2, 0) is 38.0 Å². The fraction of sp³-hybridized carbons (Fsp3) is 0.962. The fourth-order valence-corrected chi connectivity index (χ4v) is 7.51. The van der Waals surface area contributed by atoms with E-state index in [9.17, 15) is 14.7 Å². The molecule has 0 aromatic rings. The predicted molar refractivity (Wildman–Crippen MR) is 257 cm³/mol. The maximum absolute atomic E-state index is 12.6. The van der Waals surface area contributed by atoms with Crippen molar-refractivity contribution in [3.8, 4) is 0 Å². The molecule has 0 aliphatic heterocycles. The van der Waals surface area contributed by atoms with E-state index in [1.807, 2.05) is 0 Å². The van der Waals surface area contributed by atoms with E-state index in [0.717, 1.165) is 77.3 Å². The molecule has 1 N–H and O–H groups in total. The van der Waals surface area contributed by atoms with Crippen LogP contribution in [0, 0.1) is 0 Å². The number of unbranched alkanes of at least 4 members (excludes halogenated alkanes) is 24. The van der Waals surface area contributed by atoms with Crippen molar-refractivity contribution in [2.75, 3.05) is 65.9 Å². The molecule has 0 bridgehead atoms. The molecule has 0 aromatic heterocycles. The van der Waals surface area contributed by atoms with E-state index in [4.69, 9.17) is 28.4 Å². The molecule has 0 aliphatic carbocycles. The summed E-state index contributed by atoms with van der Waals surface area (Å²) >= 11 is 0. The number of aliphatic hydroxyl groups is 1. The van der Waals surface area contributed by atoms with Crippen molar-refractivity contribution < 1.29 is 43.1 Å². The standard InChI is InChI=1S/C52H103NO9/c1-5-9-13-17-21-29-45-59-51(60-46-30-22-18-14-10-6-2)37-35-49(55)57-43-33-25-27-39-53(41-42-54)40-28-26-34-44-58-50(56)36-38-52(61-47-31-23-19-15-11-7-3)62-48-32-24-20-16-12-8-4/h51-52,54H,5-48H2,1-4H3. The Bertz CT molecular complexity index is 805. The van der Waals surface area contributed by atoms with Gasteiger partial charge in [0.05, 0.1) is 32.7 Å². The summed E-state index contributed by atoms with van der Waals surface area (Å²) in [4.78, 5) is 27.4. The Hall–Kier alpha value is -1.30. The summed E-state index contributed by atoms with van der Waals surface area (Å²) in [5.41, 5.74) is 0. The lowest BCUT2D eigenvalue weighted by Crippen LogP contribution is -2.29. The van der Waals surface area contributed by atoms with Gasteiger partial charge in [-0.15, -0.1) is 0 Å². The first-order valence-corrected chi connectivity index (χ1v) is 26.6. The molecule has 62 heavy (non-hydrogen) atoms. The minimum atomic E-state index is -0.344. The number of ether oxygens (including phenoxy) is 6. The van der Waals surface area contributed by atoms with Crippen LogP contribution in [0.5, 0.6) is 0 Å². The topological polar surface area (TPSA) is 113 Å². The number of nitrogens with zero attached hydrogens (tertiary/aromatic N) is 1. The maximum Gasteiger partial charge on any atom is 0.305 e. The molecule has 370 valence electrons. The number of hydrogen-bond acceptors (Lipinski definition) is 10. The van der Waals surface area contributed by atoms with Crippen LogP contribution in [0.3, 0.4) is 0 Å². The number of hydrogen-bond donors (Lipinski definition) is 1. The van der Waals surface area contributed by atoms with E-state index in [0.29, 0.717) is 71.9 Å². The monoisotopic (exact) mass is 886 g/mol. The van der Waals surface area contributed by atoms with Gasteiger partial charge in [0.15, 0.2) is 12.6 Å². The molecule has 0 saturated heterocycles. The highest BCUT2D eigenvalue weighted by Crippen LogP contribution is 2.14. The average Bonchev–Trinajstić information content (AvgIpc) is 3.27. The summed E-state index contributed by atoms with van der Waals surface area (Å²) in [5, 5.41) is 9.63. The minimum absolute atomic E-state index is 0.133. The maximum atomic E-state index is 12.6. The molecular formula is C52H103NO9. The summed E-state index contributed by atoms with van der Waals surface area (Å²) in [5.74, 6) is -0.363. The van der Waals surface area contributed by atoms with Crippen LogP contribution in [0.25, 0.3) is 0 Å². The molecule has 0 heterocycles. The number of carbonyl (C=O) groups excluding carboxylic acids is 2. The normalized spacial score (nSPS) is 11.7. The molecule has 10 heteroatoms. The summed E-state index contributed by atoms with van der Waals surface area (Å²) in [6.45, 7) is 15.1. The number of rotatable bonds is 52. The molecular weight excluding hydrogens is 783 g/mol. The first-order chi connectivity index (χ1) is 30.5. The number of aliphatic hydroxyl groups excluding tert-OH is 1. The fourth-order valence-electron chi connectivity index (χ4n) is 7.51. The van der Waals surface area contributed by atoms with Crippen LogP contribution in [0.2, 0.25) is 0 Å². The Morgan fingerprint density at radius 3 is 0.952 bits per heavy atom. The molecule has 0 rings (SSSR count). The van der Waals surface area contributed by atoms with Crippen molar-refractivity contribution >= 4 is 11.9 Å². The zero-order chi connectivity index (χ0) is 45.2. The van der Waals surface area contributed by atoms with Gasteiger partial charge < -0.3 is 38.4 Å². The summed E-state index contributed by atoms with van der Waals surface area (Å²) in [7, 11) is 0. The van der Waals surface area contributed by atoms with Gasteiger partial charge in [-0.3, -0.25) is 9.59 Å². The second-order valence-electron chi connectivity index (χ2n) is 17.6. The predicted octanol–water partition coefficient (Wildman–Crippen LogP) is 13.4. The molecule has 0 fully saturated rings. The van der Waals surface area contributed by atoms with Crippen molar-refractivity contribution in [3.05, 3.63) is 0 Å². The van der Waals surface area contributed by atoms with Crippen molar-refractivity contribution in [2.24, 2.45) is 0 Å². The summed E-state index contributed by atoms with van der Waals surface area (Å²) < 4.78 is 35.5. The second kappa shape index (κ2) is 50.7. The van der Waals surface area contributed by atoms with Gasteiger partial charge in [-0.05, 0) is 77.3 Å². The molecule has 0 amide bonds. The van der Waals surface area contributed by atoms with Crippen LogP contribution in [0.1, 0.15) is 246 Å². The Morgan fingerprint density at radius 1 is 0.371 bits per heavy atom. The molecule has 0 unspecified atom stereocenters. The van der Waals surface area contributed by atoms with Gasteiger partial charge in [0, 0.05) is 45.8 Å². The molecule has 0 spiro atoms. The third-order valence-electron chi connectivity index (χ3n) is 11.6. The molecule has 0 aromatic carbocycles. The van der Waals surface area contributed by atoms with Gasteiger partial charge in [-0.2, -0.15) is 0 Å². The van der Waals surface area contributed by atoms with Crippen molar-refractivity contribution in [2.45, 2.75) is 259 Å². The van der Waals surface area contributed by atoms with Crippen molar-refractivity contribution in [1.82, 2.24) is 4.90 Å². The van der Waals surface area contributed by atoms with Crippen molar-refractivity contribution in [1.29, 1.82) is 0 Å². The Kier molecular flexibility index (Phi) is 49.6. The summed E-state index contributed by atoms with van der Waals surface area (Å²) in [6.07, 6.45) is 35.7. The molecule has 0 saturated carbocycles. The van der Waals surface area contributed by atoms with Gasteiger partial charge in [0.25, 0.3) is 0 Å². The second-order valence-corrected chi connectivity index (χ2v) is 17.6. The van der Waals surface area contributed by atoms with E-state index in [-0.39, 0.29) is 31.1 Å². The molecule has 10 nitrogen and oxygen atoms in total. The van der Waals surface area contributed by atoms with Gasteiger partial charge in [0.2, 0.25) is 0 Å². The average molecular weight is 886 g/mol. The van der Waals surface area contributed by atoms with Crippen LogP contribution in [-0.4, -0.2) is 100 Å². The van der Waals surface area contributed by atoms with Gasteiger partial charge in [-0.25, -0.2) is 0 Å². The van der Waals surface area contributed by atoms with E-state index < -0.39 is 0 Å². The van der Waals surface area contributed by atoms with Gasteiger partial charge in [0.1, 0.15) is 0 Å². The minimum Gasteiger partial charge on any atom is -0.466 e. The highest BCUT2D eigenvalue weighted by Gasteiger charge is 2.15. The quantitative estimate of drug-likeness (QED) is 0.0360. The Balaban J connectivity index is 4.28. The van der Waals surface area contributed by atoms with E-state index in [1.165, 1.54) is 128 Å². The summed E-state index contributed by atoms with van der Waals surface area (Å²) in [6, 6.07) is 0.